The summed E-state index contributed by atoms with van der Waals surface area (Å²) in [6, 6.07) is 29.4. The highest BCUT2D eigenvalue weighted by Gasteiger charge is 2.23. The second-order valence-corrected chi connectivity index (χ2v) is 8.92. The minimum Gasteiger partial charge on any atom is -0.489 e. The first-order valence-electron chi connectivity index (χ1n) is 10.4. The number of aliphatic imine (C=N–C) groups is 1. The Kier molecular flexibility index (Phi) is 6.15. The lowest BCUT2D eigenvalue weighted by molar-refractivity contribution is -0.115. The normalized spacial score (nSPS) is 15.8. The third-order valence-electron chi connectivity index (χ3n) is 5.14. The molecule has 1 amide bonds. The molecular formula is C27H19ClN2O2S. The molecule has 1 aliphatic rings. The second kappa shape index (κ2) is 9.53. The zero-order chi connectivity index (χ0) is 22.6. The van der Waals surface area contributed by atoms with E-state index in [1.54, 1.807) is 24.3 Å². The molecular weight excluding hydrogens is 452 g/mol. The second-order valence-electron chi connectivity index (χ2n) is 7.46. The number of hydrogen-bond donors (Lipinski definition) is 1. The van der Waals surface area contributed by atoms with Crippen molar-refractivity contribution >= 4 is 57.0 Å². The topological polar surface area (TPSA) is 50.7 Å². The molecule has 6 heteroatoms. The maximum atomic E-state index is 12.4. The van der Waals surface area contributed by atoms with Crippen LogP contribution in [0.15, 0.2) is 101 Å². The van der Waals surface area contributed by atoms with Gasteiger partial charge in [-0.25, -0.2) is 4.99 Å². The number of nitrogens with one attached hydrogen (secondary N) is 1. The maximum Gasteiger partial charge on any atom is 0.264 e. The number of amides is 1. The van der Waals surface area contributed by atoms with Crippen molar-refractivity contribution in [3.8, 4) is 5.75 Å². The summed E-state index contributed by atoms with van der Waals surface area (Å²) in [7, 11) is 0. The molecule has 0 aromatic heterocycles. The molecule has 0 bridgehead atoms. The van der Waals surface area contributed by atoms with Crippen LogP contribution in [0.1, 0.15) is 11.1 Å². The van der Waals surface area contributed by atoms with E-state index in [1.165, 1.54) is 22.5 Å². The minimum atomic E-state index is -0.171. The summed E-state index contributed by atoms with van der Waals surface area (Å²) in [4.78, 5) is 17.5. The van der Waals surface area contributed by atoms with Crippen molar-refractivity contribution in [2.75, 3.05) is 0 Å². The molecule has 162 valence electrons. The van der Waals surface area contributed by atoms with E-state index in [9.17, 15) is 4.79 Å². The van der Waals surface area contributed by atoms with Crippen LogP contribution in [0.5, 0.6) is 5.75 Å². The van der Waals surface area contributed by atoms with Gasteiger partial charge in [-0.05, 0) is 76.1 Å². The molecule has 1 fully saturated rings. The molecule has 1 aliphatic heterocycles. The first kappa shape index (κ1) is 21.3. The quantitative estimate of drug-likeness (QED) is 0.320. The van der Waals surface area contributed by atoms with Gasteiger partial charge in [0.15, 0.2) is 5.17 Å². The van der Waals surface area contributed by atoms with Gasteiger partial charge in [0.1, 0.15) is 12.4 Å². The first-order valence-corrected chi connectivity index (χ1v) is 11.6. The summed E-state index contributed by atoms with van der Waals surface area (Å²) in [6.07, 6.45) is 1.84. The van der Waals surface area contributed by atoms with Crippen molar-refractivity contribution in [2.24, 2.45) is 4.99 Å². The Labute approximate surface area is 201 Å². The van der Waals surface area contributed by atoms with Crippen LogP contribution < -0.4 is 10.1 Å². The molecule has 4 aromatic carbocycles. The number of nitrogens with zero attached hydrogens (tertiary/aromatic N) is 1. The van der Waals surface area contributed by atoms with Gasteiger partial charge in [-0.2, -0.15) is 0 Å². The van der Waals surface area contributed by atoms with Crippen molar-refractivity contribution in [1.29, 1.82) is 0 Å². The van der Waals surface area contributed by atoms with E-state index in [4.69, 9.17) is 16.3 Å². The third-order valence-corrected chi connectivity index (χ3v) is 6.30. The maximum absolute atomic E-state index is 12.4. The van der Waals surface area contributed by atoms with Gasteiger partial charge in [-0.3, -0.25) is 4.79 Å². The standard InChI is InChI=1S/C27H19ClN2O2S/c28-21-11-13-22(14-12-21)29-27-30-26(31)25(33-27)16-18-5-3-9-23(15-18)32-17-20-8-4-7-19-6-1-2-10-24(19)20/h1-16H,17H2,(H,29,30,31)/b25-16-. The van der Waals surface area contributed by atoms with E-state index in [0.717, 1.165) is 22.6 Å². The van der Waals surface area contributed by atoms with Crippen LogP contribution in [0.4, 0.5) is 5.69 Å². The summed E-state index contributed by atoms with van der Waals surface area (Å²) >= 11 is 7.22. The van der Waals surface area contributed by atoms with Crippen LogP contribution in [0.2, 0.25) is 5.02 Å². The molecule has 4 nitrogen and oxygen atoms in total. The summed E-state index contributed by atoms with van der Waals surface area (Å²) < 4.78 is 6.07. The molecule has 0 atom stereocenters. The summed E-state index contributed by atoms with van der Waals surface area (Å²) in [5.41, 5.74) is 2.74. The smallest absolute Gasteiger partial charge is 0.264 e. The van der Waals surface area contributed by atoms with Gasteiger partial charge >= 0.3 is 0 Å². The summed E-state index contributed by atoms with van der Waals surface area (Å²) in [5.74, 6) is 0.575. The molecule has 4 aromatic rings. The van der Waals surface area contributed by atoms with Gasteiger partial charge in [0.2, 0.25) is 0 Å². The van der Waals surface area contributed by atoms with Gasteiger partial charge in [-0.1, -0.05) is 66.2 Å². The number of thioether (sulfide) groups is 1. The molecule has 0 spiro atoms. The first-order chi connectivity index (χ1) is 16.1. The highest BCUT2D eigenvalue weighted by atomic mass is 35.5. The van der Waals surface area contributed by atoms with E-state index < -0.39 is 0 Å². The molecule has 0 radical (unpaired) electrons. The zero-order valence-electron chi connectivity index (χ0n) is 17.5. The van der Waals surface area contributed by atoms with Crippen molar-refractivity contribution in [3.63, 3.8) is 0 Å². The average Bonchev–Trinajstić information content (AvgIpc) is 3.17. The van der Waals surface area contributed by atoms with Crippen LogP contribution in [-0.4, -0.2) is 11.1 Å². The number of carbonyl (C=O) groups excluding carboxylic acids is 1. The average molecular weight is 471 g/mol. The van der Waals surface area contributed by atoms with Crippen LogP contribution >= 0.6 is 23.4 Å². The van der Waals surface area contributed by atoms with Gasteiger partial charge in [0.05, 0.1) is 10.6 Å². The molecule has 0 saturated carbocycles. The van der Waals surface area contributed by atoms with Crippen molar-refractivity contribution in [2.45, 2.75) is 6.61 Å². The number of fused-ring (bicyclic) bond motifs is 1. The van der Waals surface area contributed by atoms with Gasteiger partial charge < -0.3 is 10.1 Å². The fourth-order valence-corrected chi connectivity index (χ4v) is 4.51. The Morgan fingerprint density at radius 2 is 1.73 bits per heavy atom. The number of carbonyl (C=O) groups is 1. The minimum absolute atomic E-state index is 0.171. The number of benzene rings is 4. The van der Waals surface area contributed by atoms with Crippen molar-refractivity contribution in [3.05, 3.63) is 112 Å². The Morgan fingerprint density at radius 1 is 0.939 bits per heavy atom. The van der Waals surface area contributed by atoms with E-state index in [1.807, 2.05) is 48.5 Å². The molecule has 0 unspecified atom stereocenters. The van der Waals surface area contributed by atoms with Crippen LogP contribution in [-0.2, 0) is 11.4 Å². The summed E-state index contributed by atoms with van der Waals surface area (Å²) in [5, 5.41) is 6.37. The Morgan fingerprint density at radius 3 is 2.61 bits per heavy atom. The van der Waals surface area contributed by atoms with Crippen LogP contribution in [0, 0.1) is 0 Å². The van der Waals surface area contributed by atoms with Crippen LogP contribution in [0.25, 0.3) is 16.8 Å². The lowest BCUT2D eigenvalue weighted by atomic mass is 10.1. The molecule has 1 heterocycles. The molecule has 5 rings (SSSR count). The predicted molar refractivity (Wildman–Crippen MR) is 137 cm³/mol. The van der Waals surface area contributed by atoms with Crippen molar-refractivity contribution < 1.29 is 9.53 Å². The fraction of sp³-hybridized carbons (Fsp3) is 0.0370. The summed E-state index contributed by atoms with van der Waals surface area (Å²) in [6.45, 7) is 0.467. The van der Waals surface area contributed by atoms with Gasteiger partial charge in [-0.15, -0.1) is 0 Å². The van der Waals surface area contributed by atoms with E-state index in [-0.39, 0.29) is 5.91 Å². The fourth-order valence-electron chi connectivity index (χ4n) is 3.54. The Hall–Kier alpha value is -3.54. The predicted octanol–water partition coefficient (Wildman–Crippen LogP) is 6.96. The molecule has 1 N–H and O–H groups in total. The van der Waals surface area contributed by atoms with E-state index >= 15 is 0 Å². The SMILES string of the molecule is O=C1NC(=Nc2ccc(Cl)cc2)S/C1=C\c1cccc(OCc2cccc3ccccc23)c1. The lowest BCUT2D eigenvalue weighted by Gasteiger charge is -2.09. The van der Waals surface area contributed by atoms with Gasteiger partial charge in [0, 0.05) is 5.02 Å². The molecule has 0 aliphatic carbocycles. The van der Waals surface area contributed by atoms with E-state index in [0.29, 0.717) is 21.7 Å². The third kappa shape index (κ3) is 5.11. The molecule has 1 saturated heterocycles. The zero-order valence-corrected chi connectivity index (χ0v) is 19.1. The van der Waals surface area contributed by atoms with Crippen LogP contribution in [0.3, 0.4) is 0 Å². The number of ether oxygens (including phenoxy) is 1. The number of rotatable bonds is 5. The molecule has 33 heavy (non-hydrogen) atoms. The monoisotopic (exact) mass is 470 g/mol. The number of hydrogen-bond acceptors (Lipinski definition) is 4. The Bertz CT molecular complexity index is 1390. The number of halogens is 1. The largest absolute Gasteiger partial charge is 0.489 e. The van der Waals surface area contributed by atoms with Crippen molar-refractivity contribution in [1.82, 2.24) is 5.32 Å². The van der Waals surface area contributed by atoms with E-state index in [2.05, 4.69) is 34.6 Å². The van der Waals surface area contributed by atoms with Gasteiger partial charge in [0.25, 0.3) is 5.91 Å². The lowest BCUT2D eigenvalue weighted by Crippen LogP contribution is -2.19. The highest BCUT2D eigenvalue weighted by molar-refractivity contribution is 8.18. The Balaban J connectivity index is 1.30. The highest BCUT2D eigenvalue weighted by Crippen LogP contribution is 2.29. The number of amidine groups is 1.